The van der Waals surface area contributed by atoms with Gasteiger partial charge in [0, 0.05) is 36.1 Å². The van der Waals surface area contributed by atoms with E-state index in [0.29, 0.717) is 0 Å². The summed E-state index contributed by atoms with van der Waals surface area (Å²) in [5, 5.41) is 1.10. The molecule has 2 aliphatic rings. The quantitative estimate of drug-likeness (QED) is 0.686. The molecule has 2 aromatic heterocycles. The highest BCUT2D eigenvalue weighted by atomic mass is 16.1. The summed E-state index contributed by atoms with van der Waals surface area (Å²) >= 11 is 0. The van der Waals surface area contributed by atoms with E-state index in [1.165, 1.54) is 11.1 Å². The molecule has 3 heterocycles. The van der Waals surface area contributed by atoms with Gasteiger partial charge in [0.15, 0.2) is 5.78 Å². The number of imidazole rings is 1. The second-order valence-corrected chi connectivity index (χ2v) is 6.50. The molecule has 0 saturated carbocycles. The molecule has 0 unspecified atom stereocenters. The van der Waals surface area contributed by atoms with Crippen molar-refractivity contribution in [2.45, 2.75) is 26.7 Å². The minimum Gasteiger partial charge on any atom is -0.319 e. The lowest BCUT2D eigenvalue weighted by molar-refractivity contribution is 0.104. The van der Waals surface area contributed by atoms with Crippen molar-refractivity contribution >= 4 is 22.9 Å². The standard InChI is InChI=1S/C20H17N3O/c1-12-16(22-10-8-21-13(22)2)11-14-5-4-9-23-15-6-3-7-17(24)19(15)18(12)20(14)23/h3-4,7-11H,5-6H2,1-2H3. The Labute approximate surface area is 139 Å². The number of hydrogen-bond donors (Lipinski definition) is 0. The Hall–Kier alpha value is -2.88. The van der Waals surface area contributed by atoms with Gasteiger partial charge in [-0.05, 0) is 43.5 Å². The van der Waals surface area contributed by atoms with Crippen molar-refractivity contribution in [1.29, 1.82) is 0 Å². The third-order valence-electron chi connectivity index (χ3n) is 5.19. The summed E-state index contributed by atoms with van der Waals surface area (Å²) in [6.45, 7) is 4.12. The van der Waals surface area contributed by atoms with Gasteiger partial charge in [0.25, 0.3) is 0 Å². The van der Waals surface area contributed by atoms with Gasteiger partial charge in [0.05, 0.1) is 16.8 Å². The van der Waals surface area contributed by atoms with Crippen molar-refractivity contribution in [3.63, 3.8) is 0 Å². The number of ketones is 1. The predicted molar refractivity (Wildman–Crippen MR) is 94.7 cm³/mol. The molecule has 3 aromatic rings. The maximum Gasteiger partial charge on any atom is 0.188 e. The first-order valence-electron chi connectivity index (χ1n) is 8.24. The second-order valence-electron chi connectivity index (χ2n) is 6.50. The second kappa shape index (κ2) is 4.57. The minimum atomic E-state index is 0.115. The van der Waals surface area contributed by atoms with Gasteiger partial charge in [-0.2, -0.15) is 0 Å². The van der Waals surface area contributed by atoms with Gasteiger partial charge < -0.3 is 9.13 Å². The first-order valence-corrected chi connectivity index (χ1v) is 8.24. The van der Waals surface area contributed by atoms with Crippen molar-refractivity contribution < 1.29 is 4.79 Å². The fraction of sp³-hybridized carbons (Fsp3) is 0.200. The van der Waals surface area contributed by atoms with E-state index in [2.05, 4.69) is 39.4 Å². The molecule has 0 amide bonds. The van der Waals surface area contributed by atoms with E-state index in [1.807, 2.05) is 25.4 Å². The van der Waals surface area contributed by atoms with Crippen LogP contribution in [-0.2, 0) is 12.8 Å². The SMILES string of the molecule is Cc1c(-n2ccnc2C)cc2c3c1c1c(n3C=CC2)CC=CC1=O. The minimum absolute atomic E-state index is 0.115. The van der Waals surface area contributed by atoms with Gasteiger partial charge in [0.1, 0.15) is 5.82 Å². The number of carbonyl (C=O) groups excluding carboxylic acids is 1. The van der Waals surface area contributed by atoms with Crippen LogP contribution in [0.15, 0.2) is 36.7 Å². The lowest BCUT2D eigenvalue weighted by atomic mass is 9.94. The van der Waals surface area contributed by atoms with E-state index in [1.54, 1.807) is 6.08 Å². The third kappa shape index (κ3) is 1.58. The van der Waals surface area contributed by atoms with E-state index >= 15 is 0 Å². The largest absolute Gasteiger partial charge is 0.319 e. The van der Waals surface area contributed by atoms with Gasteiger partial charge in [-0.1, -0.05) is 12.2 Å². The van der Waals surface area contributed by atoms with Crippen molar-refractivity contribution in [2.75, 3.05) is 0 Å². The summed E-state index contributed by atoms with van der Waals surface area (Å²) in [4.78, 5) is 17.0. The normalized spacial score (nSPS) is 15.3. The number of carbonyl (C=O) groups is 1. The highest BCUT2D eigenvalue weighted by Crippen LogP contribution is 2.39. The molecule has 0 spiro atoms. The zero-order valence-corrected chi connectivity index (χ0v) is 13.7. The number of nitrogens with zero attached hydrogens (tertiary/aromatic N) is 3. The summed E-state index contributed by atoms with van der Waals surface area (Å²) in [7, 11) is 0. The fourth-order valence-corrected chi connectivity index (χ4v) is 4.10. The first kappa shape index (κ1) is 13.5. The van der Waals surface area contributed by atoms with Crippen LogP contribution in [0.2, 0.25) is 0 Å². The molecule has 1 aliphatic heterocycles. The molecule has 1 aliphatic carbocycles. The maximum atomic E-state index is 12.6. The van der Waals surface area contributed by atoms with Crippen LogP contribution in [0.1, 0.15) is 33.0 Å². The lowest BCUT2D eigenvalue weighted by Gasteiger charge is -2.17. The first-order chi connectivity index (χ1) is 11.7. The fourth-order valence-electron chi connectivity index (χ4n) is 4.10. The van der Waals surface area contributed by atoms with Crippen LogP contribution >= 0.6 is 0 Å². The number of aryl methyl sites for hydroxylation is 2. The molecule has 0 radical (unpaired) electrons. The van der Waals surface area contributed by atoms with Crippen LogP contribution < -0.4 is 0 Å². The summed E-state index contributed by atoms with van der Waals surface area (Å²) in [5.41, 5.74) is 6.70. The molecular formula is C20H17N3O. The van der Waals surface area contributed by atoms with E-state index in [-0.39, 0.29) is 5.78 Å². The highest BCUT2D eigenvalue weighted by molar-refractivity contribution is 6.17. The van der Waals surface area contributed by atoms with E-state index in [9.17, 15) is 4.79 Å². The molecule has 0 atom stereocenters. The van der Waals surface area contributed by atoms with Crippen LogP contribution in [0.25, 0.3) is 22.8 Å². The molecule has 5 rings (SSSR count). The van der Waals surface area contributed by atoms with Crippen LogP contribution in [0.3, 0.4) is 0 Å². The molecule has 4 heteroatoms. The summed E-state index contributed by atoms with van der Waals surface area (Å²) in [6.07, 6.45) is 13.5. The van der Waals surface area contributed by atoms with Gasteiger partial charge in [-0.3, -0.25) is 4.79 Å². The van der Waals surface area contributed by atoms with Crippen molar-refractivity contribution in [1.82, 2.24) is 14.1 Å². The number of rotatable bonds is 1. The Morgan fingerprint density at radius 1 is 1.17 bits per heavy atom. The monoisotopic (exact) mass is 315 g/mol. The Balaban J connectivity index is 1.96. The van der Waals surface area contributed by atoms with Gasteiger partial charge >= 0.3 is 0 Å². The van der Waals surface area contributed by atoms with Crippen molar-refractivity contribution in [3.8, 4) is 5.69 Å². The van der Waals surface area contributed by atoms with Gasteiger partial charge in [-0.25, -0.2) is 4.98 Å². The topological polar surface area (TPSA) is 39.8 Å². The van der Waals surface area contributed by atoms with E-state index < -0.39 is 0 Å². The van der Waals surface area contributed by atoms with Crippen LogP contribution in [0, 0.1) is 13.8 Å². The summed E-state index contributed by atoms with van der Waals surface area (Å²) < 4.78 is 4.32. The third-order valence-corrected chi connectivity index (χ3v) is 5.19. The Kier molecular flexibility index (Phi) is 2.58. The molecule has 0 fully saturated rings. The molecular weight excluding hydrogens is 298 g/mol. The van der Waals surface area contributed by atoms with E-state index in [4.69, 9.17) is 0 Å². The Morgan fingerprint density at radius 2 is 2.04 bits per heavy atom. The average Bonchev–Trinajstić information content (AvgIpc) is 3.15. The average molecular weight is 315 g/mol. The molecule has 0 saturated heterocycles. The van der Waals surface area contributed by atoms with E-state index in [0.717, 1.165) is 46.6 Å². The molecule has 24 heavy (non-hydrogen) atoms. The van der Waals surface area contributed by atoms with Crippen LogP contribution in [0.4, 0.5) is 0 Å². The summed E-state index contributed by atoms with van der Waals surface area (Å²) in [6, 6.07) is 2.25. The smallest absolute Gasteiger partial charge is 0.188 e. The zero-order chi connectivity index (χ0) is 16.4. The Bertz CT molecular complexity index is 1090. The Morgan fingerprint density at radius 3 is 2.83 bits per heavy atom. The number of allylic oxidation sites excluding steroid dienone is 3. The lowest BCUT2D eigenvalue weighted by Crippen LogP contribution is -2.07. The van der Waals surface area contributed by atoms with Gasteiger partial charge in [-0.15, -0.1) is 0 Å². The van der Waals surface area contributed by atoms with Crippen molar-refractivity contribution in [3.05, 3.63) is 64.9 Å². The van der Waals surface area contributed by atoms with Gasteiger partial charge in [0.2, 0.25) is 0 Å². The number of fused-ring (bicyclic) bond motifs is 3. The molecule has 0 bridgehead atoms. The van der Waals surface area contributed by atoms with Crippen LogP contribution in [-0.4, -0.2) is 19.9 Å². The predicted octanol–water partition coefficient (Wildman–Crippen LogP) is 3.77. The molecule has 4 nitrogen and oxygen atoms in total. The number of benzene rings is 1. The molecule has 1 aromatic carbocycles. The number of aromatic nitrogens is 3. The van der Waals surface area contributed by atoms with Crippen LogP contribution in [0.5, 0.6) is 0 Å². The van der Waals surface area contributed by atoms with Crippen molar-refractivity contribution in [2.24, 2.45) is 0 Å². The maximum absolute atomic E-state index is 12.6. The molecule has 0 N–H and O–H groups in total. The highest BCUT2D eigenvalue weighted by Gasteiger charge is 2.27. The summed E-state index contributed by atoms with van der Waals surface area (Å²) in [5.74, 6) is 1.07. The number of hydrogen-bond acceptors (Lipinski definition) is 2. The molecule has 118 valence electrons. The zero-order valence-electron chi connectivity index (χ0n) is 13.7.